The Hall–Kier alpha value is -1.95. The van der Waals surface area contributed by atoms with Crippen molar-refractivity contribution in [2.45, 2.75) is 58.5 Å². The van der Waals surface area contributed by atoms with Crippen molar-refractivity contribution in [3.63, 3.8) is 0 Å². The molecule has 0 aliphatic carbocycles. The van der Waals surface area contributed by atoms with E-state index in [-0.39, 0.29) is 24.2 Å². The number of hydrogen-bond acceptors (Lipinski definition) is 3. The molecule has 0 aromatic heterocycles. The lowest BCUT2D eigenvalue weighted by atomic mass is 9.80. The Bertz CT molecular complexity index is 677. The van der Waals surface area contributed by atoms with E-state index in [1.165, 1.54) is 12.1 Å². The van der Waals surface area contributed by atoms with Crippen LogP contribution in [-0.2, 0) is 15.2 Å². The van der Waals surface area contributed by atoms with E-state index in [9.17, 15) is 19.1 Å². The second-order valence-electron chi connectivity index (χ2n) is 8.44. The van der Waals surface area contributed by atoms with E-state index in [0.29, 0.717) is 37.8 Å². The number of nitrogens with zero attached hydrogens (tertiary/aromatic N) is 1. The highest BCUT2D eigenvalue weighted by molar-refractivity contribution is 5.87. The third kappa shape index (κ3) is 5.31. The van der Waals surface area contributed by atoms with Crippen molar-refractivity contribution in [2.75, 3.05) is 13.1 Å². The molecule has 1 aromatic rings. The van der Waals surface area contributed by atoms with E-state index in [2.05, 4.69) is 0 Å². The lowest BCUT2D eigenvalue weighted by Crippen LogP contribution is -2.52. The number of primary amides is 1. The summed E-state index contributed by atoms with van der Waals surface area (Å²) >= 11 is 0. The number of rotatable bonds is 8. The normalized spacial score (nSPS) is 22.1. The molecule has 1 fully saturated rings. The lowest BCUT2D eigenvalue weighted by molar-refractivity contribution is -0.148. The summed E-state index contributed by atoms with van der Waals surface area (Å²) in [7, 11) is 0. The number of halogens is 1. The summed E-state index contributed by atoms with van der Waals surface area (Å²) in [5, 5.41) is 11.2. The molecule has 2 rings (SSSR count). The number of carbonyl (C=O) groups excluding carboxylic acids is 2. The van der Waals surface area contributed by atoms with Gasteiger partial charge in [-0.1, -0.05) is 39.3 Å². The molecule has 3 N–H and O–H groups in total. The van der Waals surface area contributed by atoms with Crippen molar-refractivity contribution in [2.24, 2.45) is 23.5 Å². The van der Waals surface area contributed by atoms with E-state index >= 15 is 0 Å². The fraction of sp³-hybridized carbons (Fsp3) is 0.636. The Labute approximate surface area is 167 Å². The van der Waals surface area contributed by atoms with Gasteiger partial charge in [-0.15, -0.1) is 0 Å². The maximum absolute atomic E-state index is 13.4. The van der Waals surface area contributed by atoms with Gasteiger partial charge in [0.05, 0.1) is 6.54 Å². The van der Waals surface area contributed by atoms with Crippen LogP contribution in [0.2, 0.25) is 0 Å². The summed E-state index contributed by atoms with van der Waals surface area (Å²) in [6, 6.07) is 5.77. The van der Waals surface area contributed by atoms with Crippen LogP contribution < -0.4 is 5.73 Å². The van der Waals surface area contributed by atoms with Crippen LogP contribution in [0.1, 0.15) is 58.4 Å². The SMILES string of the molecule is CCCC(C(N)=O)C(CC(C)C)C(=O)N1CCCC(O)(c2ccc(F)cc2)C1. The summed E-state index contributed by atoms with van der Waals surface area (Å²) in [5.41, 5.74) is 5.02. The zero-order valence-electron chi connectivity index (χ0n) is 17.2. The highest BCUT2D eigenvalue weighted by atomic mass is 19.1. The predicted octanol–water partition coefficient (Wildman–Crippen LogP) is 3.20. The van der Waals surface area contributed by atoms with Gasteiger partial charge in [0, 0.05) is 18.4 Å². The third-order valence-corrected chi connectivity index (χ3v) is 5.66. The van der Waals surface area contributed by atoms with E-state index in [0.717, 1.165) is 6.42 Å². The van der Waals surface area contributed by atoms with Crippen LogP contribution in [-0.4, -0.2) is 34.9 Å². The van der Waals surface area contributed by atoms with E-state index in [4.69, 9.17) is 5.73 Å². The first kappa shape index (κ1) is 22.3. The molecular weight excluding hydrogens is 359 g/mol. The minimum absolute atomic E-state index is 0.119. The fourth-order valence-corrected chi connectivity index (χ4v) is 4.25. The first-order valence-corrected chi connectivity index (χ1v) is 10.2. The smallest absolute Gasteiger partial charge is 0.226 e. The van der Waals surface area contributed by atoms with Gasteiger partial charge < -0.3 is 15.7 Å². The molecule has 156 valence electrons. The Morgan fingerprint density at radius 2 is 1.89 bits per heavy atom. The number of carbonyl (C=O) groups is 2. The highest BCUT2D eigenvalue weighted by Gasteiger charge is 2.41. The van der Waals surface area contributed by atoms with Crippen molar-refractivity contribution in [1.29, 1.82) is 0 Å². The molecule has 1 aliphatic heterocycles. The standard InChI is InChI=1S/C22H33FN2O3/c1-4-6-18(20(24)26)19(13-15(2)3)21(27)25-12-5-11-22(28,14-25)16-7-9-17(23)10-8-16/h7-10,15,18-19,28H,4-6,11-14H2,1-3H3,(H2,24,26). The molecular formula is C22H33FN2O3. The van der Waals surface area contributed by atoms with Gasteiger partial charge in [0.25, 0.3) is 0 Å². The molecule has 3 atom stereocenters. The van der Waals surface area contributed by atoms with Crippen LogP contribution in [0.25, 0.3) is 0 Å². The van der Waals surface area contributed by atoms with Gasteiger partial charge in [-0.3, -0.25) is 9.59 Å². The Morgan fingerprint density at radius 1 is 1.25 bits per heavy atom. The van der Waals surface area contributed by atoms with Crippen molar-refractivity contribution in [1.82, 2.24) is 4.90 Å². The molecule has 1 aliphatic rings. The van der Waals surface area contributed by atoms with Gasteiger partial charge in [-0.05, 0) is 49.3 Å². The monoisotopic (exact) mass is 392 g/mol. The number of aliphatic hydroxyl groups is 1. The summed E-state index contributed by atoms with van der Waals surface area (Å²) in [4.78, 5) is 27.1. The van der Waals surface area contributed by atoms with Crippen LogP contribution in [0.3, 0.4) is 0 Å². The number of likely N-dealkylation sites (tertiary alicyclic amines) is 1. The largest absolute Gasteiger partial charge is 0.383 e. The lowest BCUT2D eigenvalue weighted by Gasteiger charge is -2.41. The molecule has 2 amide bonds. The number of β-amino-alcohol motifs (C(OH)–C–C–N with tert-alkyl or cyclic N) is 1. The second kappa shape index (κ2) is 9.50. The average Bonchev–Trinajstić information content (AvgIpc) is 2.64. The summed E-state index contributed by atoms with van der Waals surface area (Å²) in [6.07, 6.45) is 3.08. The first-order chi connectivity index (χ1) is 13.2. The van der Waals surface area contributed by atoms with Crippen molar-refractivity contribution in [3.05, 3.63) is 35.6 Å². The zero-order chi connectivity index (χ0) is 20.9. The molecule has 0 saturated carbocycles. The summed E-state index contributed by atoms with van der Waals surface area (Å²) in [6.45, 7) is 6.70. The van der Waals surface area contributed by atoms with Gasteiger partial charge in [0.2, 0.25) is 11.8 Å². The Balaban J connectivity index is 2.25. The van der Waals surface area contributed by atoms with Gasteiger partial charge in [-0.25, -0.2) is 4.39 Å². The molecule has 0 bridgehead atoms. The van der Waals surface area contributed by atoms with Crippen LogP contribution in [0.5, 0.6) is 0 Å². The molecule has 5 nitrogen and oxygen atoms in total. The number of amides is 2. The van der Waals surface area contributed by atoms with Gasteiger partial charge in [0.15, 0.2) is 0 Å². The van der Waals surface area contributed by atoms with E-state index < -0.39 is 23.3 Å². The molecule has 0 spiro atoms. The highest BCUT2D eigenvalue weighted by Crippen LogP contribution is 2.34. The molecule has 1 heterocycles. The molecule has 28 heavy (non-hydrogen) atoms. The van der Waals surface area contributed by atoms with Crippen molar-refractivity contribution >= 4 is 11.8 Å². The number of nitrogens with two attached hydrogens (primary N) is 1. The predicted molar refractivity (Wildman–Crippen MR) is 107 cm³/mol. The fourth-order valence-electron chi connectivity index (χ4n) is 4.25. The van der Waals surface area contributed by atoms with Gasteiger partial charge >= 0.3 is 0 Å². The Morgan fingerprint density at radius 3 is 2.43 bits per heavy atom. The molecule has 6 heteroatoms. The first-order valence-electron chi connectivity index (χ1n) is 10.2. The van der Waals surface area contributed by atoms with Crippen LogP contribution in [0.4, 0.5) is 4.39 Å². The molecule has 1 aromatic carbocycles. The second-order valence-corrected chi connectivity index (χ2v) is 8.44. The molecule has 1 saturated heterocycles. The zero-order valence-corrected chi connectivity index (χ0v) is 17.2. The number of piperidine rings is 1. The summed E-state index contributed by atoms with van der Waals surface area (Å²) in [5.74, 6) is -1.66. The average molecular weight is 393 g/mol. The van der Waals surface area contributed by atoms with E-state index in [1.54, 1.807) is 17.0 Å². The van der Waals surface area contributed by atoms with Gasteiger partial charge in [0.1, 0.15) is 11.4 Å². The topological polar surface area (TPSA) is 83.6 Å². The van der Waals surface area contributed by atoms with Crippen molar-refractivity contribution < 1.29 is 19.1 Å². The van der Waals surface area contributed by atoms with Gasteiger partial charge in [-0.2, -0.15) is 0 Å². The van der Waals surface area contributed by atoms with Crippen LogP contribution in [0.15, 0.2) is 24.3 Å². The minimum atomic E-state index is -1.21. The van der Waals surface area contributed by atoms with Crippen LogP contribution >= 0.6 is 0 Å². The van der Waals surface area contributed by atoms with Crippen LogP contribution in [0, 0.1) is 23.6 Å². The van der Waals surface area contributed by atoms with E-state index in [1.807, 2.05) is 20.8 Å². The molecule has 3 unspecified atom stereocenters. The van der Waals surface area contributed by atoms with Crippen molar-refractivity contribution in [3.8, 4) is 0 Å². The quantitative estimate of drug-likeness (QED) is 0.713. The third-order valence-electron chi connectivity index (χ3n) is 5.66. The number of benzene rings is 1. The maximum atomic E-state index is 13.4. The summed E-state index contributed by atoms with van der Waals surface area (Å²) < 4.78 is 13.3. The minimum Gasteiger partial charge on any atom is -0.383 e. The Kier molecular flexibility index (Phi) is 7.58. The number of hydrogen-bond donors (Lipinski definition) is 2. The maximum Gasteiger partial charge on any atom is 0.226 e. The molecule has 0 radical (unpaired) electrons.